The van der Waals surface area contributed by atoms with Crippen LogP contribution >= 0.6 is 0 Å². The Morgan fingerprint density at radius 3 is 1.77 bits per heavy atom. The molecule has 12 heteroatoms. The van der Waals surface area contributed by atoms with Gasteiger partial charge in [-0.2, -0.15) is 0 Å². The van der Waals surface area contributed by atoms with Gasteiger partial charge in [0.15, 0.2) is 6.04 Å². The number of carbonyl (C=O) groups excluding carboxylic acids is 4. The van der Waals surface area contributed by atoms with Gasteiger partial charge >= 0.3 is 5.97 Å². The van der Waals surface area contributed by atoms with Gasteiger partial charge in [-0.1, -0.05) is 34.1 Å². The van der Waals surface area contributed by atoms with Gasteiger partial charge in [0.2, 0.25) is 23.6 Å². The number of carboxylic acids is 1. The van der Waals surface area contributed by atoms with Gasteiger partial charge in [-0.3, -0.25) is 19.2 Å². The van der Waals surface area contributed by atoms with Crippen LogP contribution in [0, 0.1) is 11.8 Å². The highest BCUT2D eigenvalue weighted by Crippen LogP contribution is 2.10. The number of aliphatic carboxylic acids is 1. The molecule has 178 valence electrons. The molecule has 0 bridgehead atoms. The fourth-order valence-electron chi connectivity index (χ4n) is 2.57. The van der Waals surface area contributed by atoms with Crippen LogP contribution in [0.5, 0.6) is 0 Å². The van der Waals surface area contributed by atoms with Gasteiger partial charge in [-0.05, 0) is 18.8 Å². The van der Waals surface area contributed by atoms with Crippen LogP contribution in [-0.4, -0.2) is 70.1 Å². The van der Waals surface area contributed by atoms with Crippen LogP contribution in [0.25, 0.3) is 0 Å². The Hall–Kier alpha value is -2.73. The normalized spacial score (nSPS) is 16.9. The molecule has 0 heterocycles. The third-order valence-corrected chi connectivity index (χ3v) is 4.90. The molecule has 31 heavy (non-hydrogen) atoms. The van der Waals surface area contributed by atoms with Gasteiger partial charge in [0.1, 0.15) is 12.1 Å². The molecule has 0 aliphatic rings. The van der Waals surface area contributed by atoms with Crippen LogP contribution in [0.1, 0.15) is 47.5 Å². The highest BCUT2D eigenvalue weighted by molar-refractivity contribution is 5.96. The molecule has 0 aromatic heterocycles. The Morgan fingerprint density at radius 1 is 0.871 bits per heavy atom. The molecule has 0 spiro atoms. The van der Waals surface area contributed by atoms with E-state index in [1.807, 2.05) is 0 Å². The monoisotopic (exact) mass is 445 g/mol. The molecule has 4 amide bonds. The Bertz CT molecular complexity index is 668. The molecule has 0 aliphatic heterocycles. The lowest BCUT2D eigenvalue weighted by molar-refractivity contribution is -0.145. The first-order valence-electron chi connectivity index (χ1n) is 10.1. The van der Waals surface area contributed by atoms with Crippen LogP contribution in [0.4, 0.5) is 0 Å². The molecule has 0 saturated carbocycles. The van der Waals surface area contributed by atoms with Gasteiger partial charge < -0.3 is 37.6 Å². The summed E-state index contributed by atoms with van der Waals surface area (Å²) in [7, 11) is 0. The SMILES string of the molecule is CCC(C)C(NC(=O)C(CC(N)=O)NC(=O)C(N)C(C)C)C(=O)NC(C(=O)O)C(C)O. The molecule has 0 aromatic rings. The van der Waals surface area contributed by atoms with E-state index >= 15 is 0 Å². The maximum atomic E-state index is 12.8. The molecule has 0 saturated heterocycles. The predicted octanol–water partition coefficient (Wildman–Crippen LogP) is -2.19. The standard InChI is InChI=1S/C19H35N5O7/c1-6-9(4)14(18(29)24-15(10(5)25)19(30)31)23-16(27)11(7-12(20)26)22-17(28)13(21)8(2)3/h8-11,13-15,25H,6-7,21H2,1-5H3,(H2,20,26)(H,22,28)(H,23,27)(H,24,29)(H,30,31). The zero-order valence-corrected chi connectivity index (χ0v) is 18.5. The summed E-state index contributed by atoms with van der Waals surface area (Å²) in [5.41, 5.74) is 10.9. The van der Waals surface area contributed by atoms with Gasteiger partial charge in [-0.15, -0.1) is 0 Å². The number of rotatable bonds is 13. The molecular weight excluding hydrogens is 410 g/mol. The summed E-state index contributed by atoms with van der Waals surface area (Å²) in [6.45, 7) is 8.02. The molecule has 0 aliphatic carbocycles. The third kappa shape index (κ3) is 9.30. The third-order valence-electron chi connectivity index (χ3n) is 4.90. The Morgan fingerprint density at radius 2 is 1.39 bits per heavy atom. The van der Waals surface area contributed by atoms with Crippen LogP contribution in [0.2, 0.25) is 0 Å². The number of aliphatic hydroxyl groups is 1. The Balaban J connectivity index is 5.59. The zero-order valence-electron chi connectivity index (χ0n) is 18.5. The zero-order chi connectivity index (χ0) is 24.5. The maximum absolute atomic E-state index is 12.8. The summed E-state index contributed by atoms with van der Waals surface area (Å²) in [5, 5.41) is 25.7. The summed E-state index contributed by atoms with van der Waals surface area (Å²) >= 11 is 0. The topological polar surface area (TPSA) is 214 Å². The van der Waals surface area contributed by atoms with Crippen molar-refractivity contribution in [3.8, 4) is 0 Å². The van der Waals surface area contributed by atoms with Crippen molar-refractivity contribution < 1.29 is 34.2 Å². The van der Waals surface area contributed by atoms with Gasteiger partial charge in [0, 0.05) is 0 Å². The number of nitrogens with one attached hydrogen (secondary N) is 3. The first-order chi connectivity index (χ1) is 14.2. The summed E-state index contributed by atoms with van der Waals surface area (Å²) in [6.07, 6.45) is -1.47. The van der Waals surface area contributed by atoms with Crippen LogP contribution < -0.4 is 27.4 Å². The van der Waals surface area contributed by atoms with E-state index in [2.05, 4.69) is 16.0 Å². The number of amides is 4. The van der Waals surface area contributed by atoms with Crippen molar-refractivity contribution >= 4 is 29.6 Å². The van der Waals surface area contributed by atoms with Crippen molar-refractivity contribution in [1.29, 1.82) is 0 Å². The van der Waals surface area contributed by atoms with E-state index in [-0.39, 0.29) is 5.92 Å². The van der Waals surface area contributed by atoms with E-state index in [9.17, 15) is 29.1 Å². The fraction of sp³-hybridized carbons (Fsp3) is 0.737. The molecule has 12 nitrogen and oxygen atoms in total. The lowest BCUT2D eigenvalue weighted by Crippen LogP contribution is -2.60. The minimum absolute atomic E-state index is 0.232. The second-order valence-corrected chi connectivity index (χ2v) is 7.94. The molecule has 9 N–H and O–H groups in total. The minimum Gasteiger partial charge on any atom is -0.480 e. The van der Waals surface area contributed by atoms with Crippen molar-refractivity contribution in [3.63, 3.8) is 0 Å². The van der Waals surface area contributed by atoms with E-state index in [4.69, 9.17) is 16.6 Å². The first kappa shape index (κ1) is 28.3. The fourth-order valence-corrected chi connectivity index (χ4v) is 2.57. The highest BCUT2D eigenvalue weighted by atomic mass is 16.4. The van der Waals surface area contributed by atoms with Crippen molar-refractivity contribution in [3.05, 3.63) is 0 Å². The van der Waals surface area contributed by atoms with E-state index in [1.54, 1.807) is 27.7 Å². The predicted molar refractivity (Wildman–Crippen MR) is 111 cm³/mol. The molecule has 0 rings (SSSR count). The first-order valence-corrected chi connectivity index (χ1v) is 10.1. The summed E-state index contributed by atoms with van der Waals surface area (Å²) in [5.74, 6) is -5.32. The average molecular weight is 446 g/mol. The summed E-state index contributed by atoms with van der Waals surface area (Å²) in [4.78, 5) is 60.3. The number of aliphatic hydroxyl groups excluding tert-OH is 1. The lowest BCUT2D eigenvalue weighted by atomic mass is 9.97. The van der Waals surface area contributed by atoms with Crippen LogP contribution in [-0.2, 0) is 24.0 Å². The second kappa shape index (κ2) is 12.8. The minimum atomic E-state index is -1.58. The second-order valence-electron chi connectivity index (χ2n) is 7.94. The molecular formula is C19H35N5O7. The number of nitrogens with two attached hydrogens (primary N) is 2. The number of hydrogen-bond donors (Lipinski definition) is 7. The van der Waals surface area contributed by atoms with Gasteiger partial charge in [-0.25, -0.2) is 4.79 Å². The Labute approximate surface area is 181 Å². The molecule has 0 fully saturated rings. The van der Waals surface area contributed by atoms with Crippen molar-refractivity contribution in [2.45, 2.75) is 77.7 Å². The van der Waals surface area contributed by atoms with E-state index in [1.165, 1.54) is 6.92 Å². The molecule has 6 atom stereocenters. The summed E-state index contributed by atoms with van der Waals surface area (Å²) < 4.78 is 0. The van der Waals surface area contributed by atoms with Crippen LogP contribution in [0.3, 0.4) is 0 Å². The van der Waals surface area contributed by atoms with Crippen molar-refractivity contribution in [2.24, 2.45) is 23.3 Å². The van der Waals surface area contributed by atoms with Crippen molar-refractivity contribution in [1.82, 2.24) is 16.0 Å². The number of carbonyl (C=O) groups is 5. The summed E-state index contributed by atoms with van der Waals surface area (Å²) in [6, 6.07) is -5.08. The van der Waals surface area contributed by atoms with Gasteiger partial charge in [0.25, 0.3) is 0 Å². The van der Waals surface area contributed by atoms with Crippen LogP contribution in [0.15, 0.2) is 0 Å². The van der Waals surface area contributed by atoms with Crippen molar-refractivity contribution in [2.75, 3.05) is 0 Å². The molecule has 0 aromatic carbocycles. The average Bonchev–Trinajstić information content (AvgIpc) is 2.66. The number of carboxylic acid groups (broad SMARTS) is 1. The van der Waals surface area contributed by atoms with E-state index < -0.39 is 72.2 Å². The van der Waals surface area contributed by atoms with Gasteiger partial charge in [0.05, 0.1) is 18.6 Å². The highest BCUT2D eigenvalue weighted by Gasteiger charge is 2.34. The lowest BCUT2D eigenvalue weighted by Gasteiger charge is -2.28. The van der Waals surface area contributed by atoms with E-state index in [0.29, 0.717) is 6.42 Å². The van der Waals surface area contributed by atoms with E-state index in [0.717, 1.165) is 0 Å². The number of primary amides is 1. The molecule has 0 radical (unpaired) electrons. The maximum Gasteiger partial charge on any atom is 0.328 e. The quantitative estimate of drug-likeness (QED) is 0.165. The Kier molecular flexibility index (Phi) is 11.7. The number of hydrogen-bond acceptors (Lipinski definition) is 7. The largest absolute Gasteiger partial charge is 0.480 e. The smallest absolute Gasteiger partial charge is 0.328 e. The molecule has 6 unspecified atom stereocenters.